The Kier molecular flexibility index (Phi) is 8.67. The monoisotopic (exact) mass is 477 g/mol. The van der Waals surface area contributed by atoms with Gasteiger partial charge in [-0.25, -0.2) is 0 Å². The molecule has 0 radical (unpaired) electrons. The number of amides is 3. The van der Waals surface area contributed by atoms with Gasteiger partial charge < -0.3 is 19.8 Å². The smallest absolute Gasteiger partial charge is 0.247 e. The van der Waals surface area contributed by atoms with E-state index in [-0.39, 0.29) is 29.6 Å². The molecule has 0 saturated carbocycles. The molecule has 0 aromatic carbocycles. The van der Waals surface area contributed by atoms with Crippen LogP contribution in [-0.2, 0) is 14.4 Å². The summed E-state index contributed by atoms with van der Waals surface area (Å²) in [6.45, 7) is 11.5. The zero-order chi connectivity index (χ0) is 24.2. The van der Waals surface area contributed by atoms with Crippen molar-refractivity contribution in [2.45, 2.75) is 61.5 Å². The van der Waals surface area contributed by atoms with Crippen molar-refractivity contribution in [2.75, 3.05) is 39.8 Å². The molecule has 3 aliphatic heterocycles. The average Bonchev–Trinajstić information content (AvgIpc) is 3.44. The summed E-state index contributed by atoms with van der Waals surface area (Å²) < 4.78 is -0.576. The molecule has 33 heavy (non-hydrogen) atoms. The van der Waals surface area contributed by atoms with Gasteiger partial charge in [0.2, 0.25) is 17.7 Å². The standard InChI is InChI=1S/C25H39N3O4S/c1-5-8-9-15-27(14-7-3)24(32)21-25-12-11-18(33-25)19(22(30)26(4)13-6-2)20(25)23(31)28(21)16-10-17-29/h6-7,18-21,29H,2-3,5,8-17H2,1,4H3/t18-,19+,20-,21?,25?/m0/s1. The number of hydrogen-bond acceptors (Lipinski definition) is 5. The quantitative estimate of drug-likeness (QED) is 0.325. The molecule has 3 aliphatic rings. The van der Waals surface area contributed by atoms with Gasteiger partial charge in [-0.05, 0) is 25.7 Å². The summed E-state index contributed by atoms with van der Waals surface area (Å²) in [6.07, 6.45) is 8.45. The summed E-state index contributed by atoms with van der Waals surface area (Å²) in [5.74, 6) is -1.08. The van der Waals surface area contributed by atoms with Gasteiger partial charge >= 0.3 is 0 Å². The van der Waals surface area contributed by atoms with Gasteiger partial charge in [0.25, 0.3) is 0 Å². The number of likely N-dealkylation sites (tertiary alicyclic amines) is 1. The third-order valence-corrected chi connectivity index (χ3v) is 9.30. The fourth-order valence-electron chi connectivity index (χ4n) is 5.91. The molecule has 2 unspecified atom stereocenters. The Morgan fingerprint density at radius 3 is 2.58 bits per heavy atom. The molecular weight excluding hydrogens is 438 g/mol. The molecule has 5 atom stereocenters. The lowest BCUT2D eigenvalue weighted by Gasteiger charge is -2.37. The fraction of sp³-hybridized carbons (Fsp3) is 0.720. The first-order valence-corrected chi connectivity index (χ1v) is 13.1. The number of aliphatic hydroxyl groups excluding tert-OH is 1. The Morgan fingerprint density at radius 2 is 1.94 bits per heavy atom. The SMILES string of the molecule is C=CCN(C)C(=O)[C@@H]1[C@@H]2CCC3(S2)C(C(=O)N(CC=C)CCCCC)N(CCCO)C(=O)[C@H]13. The number of fused-ring (bicyclic) bond motifs is 1. The fourth-order valence-corrected chi connectivity index (χ4v) is 8.11. The summed E-state index contributed by atoms with van der Waals surface area (Å²) in [5.41, 5.74) is 0. The first-order chi connectivity index (χ1) is 15.9. The van der Waals surface area contributed by atoms with E-state index in [1.807, 2.05) is 4.90 Å². The van der Waals surface area contributed by atoms with Crippen molar-refractivity contribution in [3.05, 3.63) is 25.3 Å². The van der Waals surface area contributed by atoms with Crippen LogP contribution in [0.1, 0.15) is 45.4 Å². The maximum absolute atomic E-state index is 14.0. The molecule has 8 heteroatoms. The minimum Gasteiger partial charge on any atom is -0.396 e. The zero-order valence-electron chi connectivity index (χ0n) is 20.1. The molecule has 2 bridgehead atoms. The number of hydrogen-bond donors (Lipinski definition) is 1. The van der Waals surface area contributed by atoms with Crippen LogP contribution in [0.4, 0.5) is 0 Å². The van der Waals surface area contributed by atoms with Gasteiger partial charge in [-0.3, -0.25) is 14.4 Å². The number of rotatable bonds is 13. The average molecular weight is 478 g/mol. The number of likely N-dealkylation sites (N-methyl/N-ethyl adjacent to an activating group) is 1. The summed E-state index contributed by atoms with van der Waals surface area (Å²) >= 11 is 1.69. The third kappa shape index (κ3) is 4.61. The lowest BCUT2D eigenvalue weighted by Crippen LogP contribution is -2.55. The highest BCUT2D eigenvalue weighted by molar-refractivity contribution is 8.02. The number of nitrogens with zero attached hydrogens (tertiary/aromatic N) is 3. The van der Waals surface area contributed by atoms with Crippen LogP contribution in [-0.4, -0.2) is 93.4 Å². The molecule has 0 aromatic heterocycles. The highest BCUT2D eigenvalue weighted by atomic mass is 32.2. The Hall–Kier alpha value is -1.80. The minimum atomic E-state index is -0.597. The third-order valence-electron chi connectivity index (χ3n) is 7.35. The van der Waals surface area contributed by atoms with Crippen molar-refractivity contribution >= 4 is 29.5 Å². The molecule has 3 heterocycles. The highest BCUT2D eigenvalue weighted by Crippen LogP contribution is 2.66. The number of aliphatic hydroxyl groups is 1. The molecule has 184 valence electrons. The van der Waals surface area contributed by atoms with E-state index >= 15 is 0 Å². The van der Waals surface area contributed by atoms with Gasteiger partial charge in [-0.1, -0.05) is 31.9 Å². The molecule has 7 nitrogen and oxygen atoms in total. The van der Waals surface area contributed by atoms with Crippen LogP contribution < -0.4 is 0 Å². The minimum absolute atomic E-state index is 0.0339. The lowest BCUT2D eigenvalue weighted by molar-refractivity contribution is -0.144. The molecule has 1 spiro atoms. The van der Waals surface area contributed by atoms with Gasteiger partial charge in [-0.15, -0.1) is 24.9 Å². The molecule has 3 saturated heterocycles. The van der Waals surface area contributed by atoms with E-state index in [0.717, 1.165) is 32.1 Å². The summed E-state index contributed by atoms with van der Waals surface area (Å²) in [4.78, 5) is 46.3. The normalized spacial score (nSPS) is 29.8. The Balaban J connectivity index is 1.96. The molecule has 3 amide bonds. The van der Waals surface area contributed by atoms with Gasteiger partial charge in [0.05, 0.1) is 16.6 Å². The van der Waals surface area contributed by atoms with E-state index in [9.17, 15) is 19.5 Å². The van der Waals surface area contributed by atoms with Crippen LogP contribution in [0.2, 0.25) is 0 Å². The largest absolute Gasteiger partial charge is 0.396 e. The number of thioether (sulfide) groups is 1. The second-order valence-electron chi connectivity index (χ2n) is 9.45. The Bertz CT molecular complexity index is 775. The zero-order valence-corrected chi connectivity index (χ0v) is 20.9. The first-order valence-electron chi connectivity index (χ1n) is 12.2. The van der Waals surface area contributed by atoms with E-state index in [1.165, 1.54) is 0 Å². The number of unbranched alkanes of at least 4 members (excludes halogenated alkanes) is 2. The van der Waals surface area contributed by atoms with E-state index in [0.29, 0.717) is 32.6 Å². The van der Waals surface area contributed by atoms with Crippen molar-refractivity contribution in [2.24, 2.45) is 11.8 Å². The van der Waals surface area contributed by atoms with Gasteiger partial charge in [0.15, 0.2) is 0 Å². The predicted octanol–water partition coefficient (Wildman–Crippen LogP) is 2.31. The van der Waals surface area contributed by atoms with Crippen molar-refractivity contribution in [3.63, 3.8) is 0 Å². The second-order valence-corrected chi connectivity index (χ2v) is 11.1. The van der Waals surface area contributed by atoms with Crippen LogP contribution >= 0.6 is 11.8 Å². The maximum Gasteiger partial charge on any atom is 0.247 e. The van der Waals surface area contributed by atoms with Crippen molar-refractivity contribution in [3.8, 4) is 0 Å². The van der Waals surface area contributed by atoms with Crippen LogP contribution in [0.15, 0.2) is 25.3 Å². The summed E-state index contributed by atoms with van der Waals surface area (Å²) in [6, 6.07) is -0.597. The van der Waals surface area contributed by atoms with Crippen LogP contribution in [0.3, 0.4) is 0 Å². The predicted molar refractivity (Wildman–Crippen MR) is 132 cm³/mol. The first kappa shape index (κ1) is 25.8. The van der Waals surface area contributed by atoms with E-state index < -0.39 is 22.6 Å². The Morgan fingerprint density at radius 1 is 1.21 bits per heavy atom. The van der Waals surface area contributed by atoms with Crippen LogP contribution in [0.25, 0.3) is 0 Å². The molecule has 3 rings (SSSR count). The van der Waals surface area contributed by atoms with Crippen molar-refractivity contribution in [1.29, 1.82) is 0 Å². The van der Waals surface area contributed by atoms with Crippen LogP contribution in [0, 0.1) is 11.8 Å². The Labute approximate surface area is 202 Å². The van der Waals surface area contributed by atoms with E-state index in [2.05, 4.69) is 20.1 Å². The van der Waals surface area contributed by atoms with Crippen LogP contribution in [0.5, 0.6) is 0 Å². The topological polar surface area (TPSA) is 81.2 Å². The summed E-state index contributed by atoms with van der Waals surface area (Å²) in [7, 11) is 1.75. The molecule has 0 aromatic rings. The summed E-state index contributed by atoms with van der Waals surface area (Å²) in [5, 5.41) is 9.51. The van der Waals surface area contributed by atoms with Gasteiger partial charge in [0, 0.05) is 45.1 Å². The van der Waals surface area contributed by atoms with E-state index in [4.69, 9.17) is 0 Å². The second kappa shape index (κ2) is 11.1. The number of carbonyl (C=O) groups excluding carboxylic acids is 3. The van der Waals surface area contributed by atoms with E-state index in [1.54, 1.807) is 40.8 Å². The maximum atomic E-state index is 14.0. The van der Waals surface area contributed by atoms with Crippen molar-refractivity contribution in [1.82, 2.24) is 14.7 Å². The molecular formula is C25H39N3O4S. The lowest BCUT2D eigenvalue weighted by atomic mass is 9.70. The highest BCUT2D eigenvalue weighted by Gasteiger charge is 2.73. The molecule has 1 N–H and O–H groups in total. The molecule has 3 fully saturated rings. The van der Waals surface area contributed by atoms with Gasteiger partial charge in [-0.2, -0.15) is 0 Å². The molecule has 0 aliphatic carbocycles. The van der Waals surface area contributed by atoms with Gasteiger partial charge in [0.1, 0.15) is 6.04 Å². The van der Waals surface area contributed by atoms with Crippen molar-refractivity contribution < 1.29 is 19.5 Å². The number of carbonyl (C=O) groups is 3.